The van der Waals surface area contributed by atoms with Crippen molar-refractivity contribution in [3.05, 3.63) is 58.9 Å². The molecule has 1 aromatic carbocycles. The Morgan fingerprint density at radius 2 is 2.08 bits per heavy atom. The molecule has 0 spiro atoms. The number of fused-ring (bicyclic) bond motifs is 1. The van der Waals surface area contributed by atoms with Crippen LogP contribution in [0.5, 0.6) is 0 Å². The van der Waals surface area contributed by atoms with Gasteiger partial charge in [0.25, 0.3) is 0 Å². The number of aromatic nitrogens is 4. The predicted octanol–water partition coefficient (Wildman–Crippen LogP) is 1.86. The molecule has 134 valence electrons. The Morgan fingerprint density at radius 3 is 2.81 bits per heavy atom. The Morgan fingerprint density at radius 1 is 1.23 bits per heavy atom. The molecule has 1 atom stereocenters. The van der Waals surface area contributed by atoms with Gasteiger partial charge in [-0.1, -0.05) is 6.07 Å². The number of aromatic amines is 2. The average molecular weight is 358 g/mol. The second kappa shape index (κ2) is 5.92. The molecule has 6 N–H and O–H groups in total. The van der Waals surface area contributed by atoms with E-state index in [4.69, 9.17) is 5.73 Å². The summed E-state index contributed by atoms with van der Waals surface area (Å²) >= 11 is 0. The van der Waals surface area contributed by atoms with Gasteiger partial charge in [-0.3, -0.25) is 15.9 Å². The summed E-state index contributed by atoms with van der Waals surface area (Å²) in [4.78, 5) is 4.49. The first kappa shape index (κ1) is 16.2. The van der Waals surface area contributed by atoms with Crippen molar-refractivity contribution < 1.29 is 8.78 Å². The molecule has 0 saturated heterocycles. The third-order valence-electron chi connectivity index (χ3n) is 3.97. The molecule has 2 aromatic heterocycles. The van der Waals surface area contributed by atoms with Gasteiger partial charge in [0, 0.05) is 24.2 Å². The summed E-state index contributed by atoms with van der Waals surface area (Å²) in [5.41, 5.74) is 8.13. The van der Waals surface area contributed by atoms with Crippen LogP contribution in [0.15, 0.2) is 35.5 Å². The standard InChI is InChI=1S/C16H16F2N8/c1-8-4-13(25-24-8)21-14-11-7-20-26-15(11)23-16(19,22-14)6-9-2-3-10(17)5-12(9)18/h2-5,7H,6,19H2,1H3,(H2,20,23,26)(H2,21,22,24,25). The third kappa shape index (κ3) is 3.02. The minimum absolute atomic E-state index is 0.00233. The van der Waals surface area contributed by atoms with E-state index in [-0.39, 0.29) is 12.0 Å². The first-order chi connectivity index (χ1) is 12.4. The molecule has 0 aliphatic carbocycles. The molecule has 26 heavy (non-hydrogen) atoms. The average Bonchev–Trinajstić information content (AvgIpc) is 3.19. The van der Waals surface area contributed by atoms with Crippen LogP contribution in [-0.4, -0.2) is 32.0 Å². The van der Waals surface area contributed by atoms with Crippen molar-refractivity contribution in [2.45, 2.75) is 19.1 Å². The van der Waals surface area contributed by atoms with Crippen LogP contribution in [-0.2, 0) is 6.42 Å². The van der Waals surface area contributed by atoms with Gasteiger partial charge in [0.05, 0.1) is 11.8 Å². The molecular formula is C16H16F2N8. The van der Waals surface area contributed by atoms with Crippen molar-refractivity contribution >= 4 is 17.5 Å². The number of aliphatic imine (C=N–C) groups is 1. The predicted molar refractivity (Wildman–Crippen MR) is 92.7 cm³/mol. The quantitative estimate of drug-likeness (QED) is 0.489. The molecule has 3 heterocycles. The molecule has 3 aromatic rings. The number of nitrogens with one attached hydrogen (secondary N) is 4. The lowest BCUT2D eigenvalue weighted by Gasteiger charge is -2.32. The highest BCUT2D eigenvalue weighted by atomic mass is 19.1. The third-order valence-corrected chi connectivity index (χ3v) is 3.97. The molecular weight excluding hydrogens is 342 g/mol. The lowest BCUT2D eigenvalue weighted by Crippen LogP contribution is -2.51. The zero-order chi connectivity index (χ0) is 18.3. The largest absolute Gasteiger partial charge is 0.333 e. The summed E-state index contributed by atoms with van der Waals surface area (Å²) < 4.78 is 27.2. The molecule has 10 heteroatoms. The van der Waals surface area contributed by atoms with Crippen molar-refractivity contribution in [3.63, 3.8) is 0 Å². The zero-order valence-corrected chi connectivity index (χ0v) is 13.8. The fourth-order valence-corrected chi connectivity index (χ4v) is 2.80. The maximum absolute atomic E-state index is 14.0. The molecule has 8 nitrogen and oxygen atoms in total. The van der Waals surface area contributed by atoms with Crippen molar-refractivity contribution in [2.75, 3.05) is 10.6 Å². The Kier molecular flexibility index (Phi) is 3.69. The first-order valence-corrected chi connectivity index (χ1v) is 7.85. The number of rotatable bonds is 3. The Labute approximate surface area is 146 Å². The second-order valence-electron chi connectivity index (χ2n) is 6.14. The number of hydrogen-bond acceptors (Lipinski definition) is 6. The highest BCUT2D eigenvalue weighted by molar-refractivity contribution is 6.12. The van der Waals surface area contributed by atoms with Crippen LogP contribution in [0.3, 0.4) is 0 Å². The monoisotopic (exact) mass is 358 g/mol. The van der Waals surface area contributed by atoms with E-state index in [0.717, 1.165) is 11.8 Å². The van der Waals surface area contributed by atoms with E-state index in [2.05, 4.69) is 36.0 Å². The summed E-state index contributed by atoms with van der Waals surface area (Å²) in [6.07, 6.45) is 1.59. The first-order valence-electron chi connectivity index (χ1n) is 7.85. The van der Waals surface area contributed by atoms with Crippen LogP contribution >= 0.6 is 0 Å². The fraction of sp³-hybridized carbons (Fsp3) is 0.188. The molecule has 1 aliphatic heterocycles. The summed E-state index contributed by atoms with van der Waals surface area (Å²) in [6, 6.07) is 5.16. The molecule has 0 saturated carbocycles. The van der Waals surface area contributed by atoms with Gasteiger partial charge >= 0.3 is 0 Å². The van der Waals surface area contributed by atoms with Crippen molar-refractivity contribution in [3.8, 4) is 0 Å². The van der Waals surface area contributed by atoms with Gasteiger partial charge < -0.3 is 10.6 Å². The van der Waals surface area contributed by atoms with Crippen LogP contribution in [0.1, 0.15) is 16.8 Å². The number of hydrogen-bond donors (Lipinski definition) is 5. The zero-order valence-electron chi connectivity index (χ0n) is 13.8. The van der Waals surface area contributed by atoms with Crippen LogP contribution in [0.25, 0.3) is 0 Å². The summed E-state index contributed by atoms with van der Waals surface area (Å²) in [7, 11) is 0. The van der Waals surface area contributed by atoms with Gasteiger partial charge in [0.1, 0.15) is 23.3 Å². The summed E-state index contributed by atoms with van der Waals surface area (Å²) in [5.74, 6) is -1.15. The van der Waals surface area contributed by atoms with Crippen LogP contribution in [0.4, 0.5) is 20.4 Å². The van der Waals surface area contributed by atoms with Gasteiger partial charge in [0.2, 0.25) is 0 Å². The van der Waals surface area contributed by atoms with E-state index < -0.39 is 17.4 Å². The topological polar surface area (TPSA) is 120 Å². The van der Waals surface area contributed by atoms with E-state index >= 15 is 0 Å². The van der Waals surface area contributed by atoms with Gasteiger partial charge in [-0.2, -0.15) is 10.2 Å². The van der Waals surface area contributed by atoms with Crippen molar-refractivity contribution in [2.24, 2.45) is 10.7 Å². The minimum atomic E-state index is -1.36. The number of nitrogens with two attached hydrogens (primary N) is 1. The van der Waals surface area contributed by atoms with Crippen molar-refractivity contribution in [1.82, 2.24) is 20.4 Å². The SMILES string of the molecule is Cc1cc(NC2=NC(N)(Cc3ccc(F)cc3F)Nc3[nH]ncc32)n[nH]1. The molecule has 0 bridgehead atoms. The number of halogens is 2. The minimum Gasteiger partial charge on any atom is -0.333 e. The lowest BCUT2D eigenvalue weighted by molar-refractivity contribution is 0.481. The number of amidine groups is 1. The van der Waals surface area contributed by atoms with Crippen molar-refractivity contribution in [1.29, 1.82) is 0 Å². The fourth-order valence-electron chi connectivity index (χ4n) is 2.80. The molecule has 0 radical (unpaired) electrons. The molecule has 4 rings (SSSR count). The van der Waals surface area contributed by atoms with Crippen LogP contribution in [0.2, 0.25) is 0 Å². The second-order valence-corrected chi connectivity index (χ2v) is 6.14. The van der Waals surface area contributed by atoms with E-state index in [0.29, 0.717) is 23.0 Å². The van der Waals surface area contributed by atoms with Gasteiger partial charge in [-0.25, -0.2) is 13.8 Å². The number of aryl methyl sites for hydroxylation is 1. The van der Waals surface area contributed by atoms with E-state index in [1.807, 2.05) is 13.0 Å². The number of benzene rings is 1. The Bertz CT molecular complexity index is 992. The lowest BCUT2D eigenvalue weighted by atomic mass is 10.0. The highest BCUT2D eigenvalue weighted by Gasteiger charge is 2.33. The smallest absolute Gasteiger partial charge is 0.189 e. The Balaban J connectivity index is 1.68. The highest BCUT2D eigenvalue weighted by Crippen LogP contribution is 2.27. The van der Waals surface area contributed by atoms with Crippen LogP contribution in [0, 0.1) is 18.6 Å². The Hall–Kier alpha value is -3.27. The number of nitrogens with zero attached hydrogens (tertiary/aromatic N) is 3. The number of anilines is 2. The summed E-state index contributed by atoms with van der Waals surface area (Å²) in [5, 5.41) is 19.8. The molecule has 1 aliphatic rings. The van der Waals surface area contributed by atoms with E-state index in [9.17, 15) is 8.78 Å². The maximum Gasteiger partial charge on any atom is 0.189 e. The number of H-pyrrole nitrogens is 2. The van der Waals surface area contributed by atoms with Gasteiger partial charge in [-0.05, 0) is 18.6 Å². The molecule has 1 unspecified atom stereocenters. The van der Waals surface area contributed by atoms with Gasteiger partial charge in [0.15, 0.2) is 11.6 Å². The van der Waals surface area contributed by atoms with Crippen LogP contribution < -0.4 is 16.4 Å². The maximum atomic E-state index is 14.0. The normalized spacial score (nSPS) is 18.8. The van der Waals surface area contributed by atoms with E-state index in [1.165, 1.54) is 12.1 Å². The molecule has 0 fully saturated rings. The van der Waals surface area contributed by atoms with Gasteiger partial charge in [-0.15, -0.1) is 0 Å². The van der Waals surface area contributed by atoms with E-state index in [1.54, 1.807) is 6.20 Å². The molecule has 0 amide bonds. The summed E-state index contributed by atoms with van der Waals surface area (Å²) in [6.45, 7) is 1.87.